The summed E-state index contributed by atoms with van der Waals surface area (Å²) in [6.07, 6.45) is 0.562. The molecule has 1 amide bonds. The molecule has 1 aromatic carbocycles. The van der Waals surface area contributed by atoms with Crippen LogP contribution in [0.5, 0.6) is 0 Å². The molecule has 2 rings (SSSR count). The monoisotopic (exact) mass is 219 g/mol. The van der Waals surface area contributed by atoms with Crippen molar-refractivity contribution in [2.45, 2.75) is 20.3 Å². The molecule has 3 heteroatoms. The predicted octanol–water partition coefficient (Wildman–Crippen LogP) is 2.28. The number of hydrogen-bond acceptors (Lipinski definition) is 2. The van der Waals surface area contributed by atoms with Crippen LogP contribution in [0.1, 0.15) is 17.5 Å². The van der Waals surface area contributed by atoms with Crippen molar-refractivity contribution < 1.29 is 9.53 Å². The largest absolute Gasteiger partial charge is 0.381 e. The maximum atomic E-state index is 11.7. The molecular formula is C13H17NO2. The Morgan fingerprint density at radius 3 is 2.44 bits per heavy atom. The number of aryl methyl sites for hydroxylation is 2. The highest BCUT2D eigenvalue weighted by Gasteiger charge is 2.21. The van der Waals surface area contributed by atoms with Crippen LogP contribution >= 0.6 is 0 Å². The second-order valence-corrected chi connectivity index (χ2v) is 4.53. The molecule has 1 aliphatic heterocycles. The van der Waals surface area contributed by atoms with Gasteiger partial charge >= 0.3 is 0 Å². The molecule has 0 saturated carbocycles. The van der Waals surface area contributed by atoms with Crippen LogP contribution in [0.4, 0.5) is 5.69 Å². The molecule has 1 saturated heterocycles. The number of rotatable bonds is 3. The summed E-state index contributed by atoms with van der Waals surface area (Å²) in [5.74, 6) is 0.490. The molecule has 0 atom stereocenters. The van der Waals surface area contributed by atoms with E-state index < -0.39 is 0 Å². The van der Waals surface area contributed by atoms with Crippen LogP contribution in [0.2, 0.25) is 0 Å². The summed E-state index contributed by atoms with van der Waals surface area (Å²) in [7, 11) is 0. The minimum Gasteiger partial charge on any atom is -0.381 e. The molecule has 1 heterocycles. The second-order valence-electron chi connectivity index (χ2n) is 4.53. The smallest absolute Gasteiger partial charge is 0.224 e. The van der Waals surface area contributed by atoms with E-state index in [4.69, 9.17) is 4.74 Å². The van der Waals surface area contributed by atoms with Gasteiger partial charge in [-0.1, -0.05) is 6.07 Å². The molecule has 0 unspecified atom stereocenters. The first-order valence-corrected chi connectivity index (χ1v) is 5.59. The molecular weight excluding hydrogens is 202 g/mol. The van der Waals surface area contributed by atoms with Crippen LogP contribution in [0, 0.1) is 19.8 Å². The van der Waals surface area contributed by atoms with Crippen molar-refractivity contribution >= 4 is 11.6 Å². The fourth-order valence-corrected chi connectivity index (χ4v) is 1.92. The zero-order valence-corrected chi connectivity index (χ0v) is 9.75. The van der Waals surface area contributed by atoms with Gasteiger partial charge in [0.2, 0.25) is 5.91 Å². The second kappa shape index (κ2) is 4.66. The van der Waals surface area contributed by atoms with E-state index in [1.807, 2.05) is 26.0 Å². The molecule has 0 aliphatic carbocycles. The van der Waals surface area contributed by atoms with E-state index in [2.05, 4.69) is 11.4 Å². The number of benzene rings is 1. The maximum absolute atomic E-state index is 11.7. The van der Waals surface area contributed by atoms with Crippen LogP contribution in [-0.2, 0) is 9.53 Å². The van der Waals surface area contributed by atoms with Crippen molar-refractivity contribution in [3.63, 3.8) is 0 Å². The van der Waals surface area contributed by atoms with Crippen molar-refractivity contribution in [2.75, 3.05) is 18.5 Å². The molecule has 0 spiro atoms. The summed E-state index contributed by atoms with van der Waals surface area (Å²) in [4.78, 5) is 11.7. The Bertz CT molecular complexity index is 377. The maximum Gasteiger partial charge on any atom is 0.224 e. The van der Waals surface area contributed by atoms with E-state index in [1.165, 1.54) is 11.1 Å². The first-order valence-electron chi connectivity index (χ1n) is 5.59. The summed E-state index contributed by atoms with van der Waals surface area (Å²) in [6, 6.07) is 6.07. The number of carbonyl (C=O) groups is 1. The average molecular weight is 219 g/mol. The molecule has 1 aromatic rings. The number of hydrogen-bond donors (Lipinski definition) is 1. The summed E-state index contributed by atoms with van der Waals surface area (Å²) in [6.45, 7) is 5.51. The standard InChI is InChI=1S/C13H17NO2/c1-9-3-10(2)5-12(4-9)14-13(15)6-11-7-16-8-11/h3-5,11H,6-8H2,1-2H3,(H,14,15). The van der Waals surface area contributed by atoms with E-state index in [9.17, 15) is 4.79 Å². The Labute approximate surface area is 95.8 Å². The van der Waals surface area contributed by atoms with Crippen LogP contribution in [0.25, 0.3) is 0 Å². The number of carbonyl (C=O) groups excluding carboxylic acids is 1. The molecule has 0 bridgehead atoms. The molecule has 3 nitrogen and oxygen atoms in total. The Morgan fingerprint density at radius 1 is 1.31 bits per heavy atom. The topological polar surface area (TPSA) is 38.3 Å². The van der Waals surface area contributed by atoms with Gasteiger partial charge in [0, 0.05) is 18.0 Å². The Kier molecular flexibility index (Phi) is 3.25. The highest BCUT2D eigenvalue weighted by molar-refractivity contribution is 5.91. The normalized spacial score (nSPS) is 15.6. The fourth-order valence-electron chi connectivity index (χ4n) is 1.92. The first kappa shape index (κ1) is 11.1. The van der Waals surface area contributed by atoms with Gasteiger partial charge in [-0.25, -0.2) is 0 Å². The lowest BCUT2D eigenvalue weighted by Crippen LogP contribution is -2.31. The van der Waals surface area contributed by atoms with Gasteiger partial charge in [0.25, 0.3) is 0 Å². The van der Waals surface area contributed by atoms with E-state index in [1.54, 1.807) is 0 Å². The van der Waals surface area contributed by atoms with Gasteiger partial charge in [-0.15, -0.1) is 0 Å². The van der Waals surface area contributed by atoms with Gasteiger partial charge in [0.05, 0.1) is 13.2 Å². The van der Waals surface area contributed by atoms with Gasteiger partial charge in [0.15, 0.2) is 0 Å². The fraction of sp³-hybridized carbons (Fsp3) is 0.462. The molecule has 1 fully saturated rings. The summed E-state index contributed by atoms with van der Waals surface area (Å²) >= 11 is 0. The molecule has 86 valence electrons. The number of ether oxygens (including phenoxy) is 1. The summed E-state index contributed by atoms with van der Waals surface area (Å²) < 4.78 is 5.04. The third kappa shape index (κ3) is 2.83. The van der Waals surface area contributed by atoms with Crippen LogP contribution in [0.15, 0.2) is 18.2 Å². The van der Waals surface area contributed by atoms with Crippen molar-refractivity contribution in [3.05, 3.63) is 29.3 Å². The third-order valence-corrected chi connectivity index (χ3v) is 2.69. The zero-order valence-electron chi connectivity index (χ0n) is 9.75. The highest BCUT2D eigenvalue weighted by Crippen LogP contribution is 2.17. The van der Waals surface area contributed by atoms with Crippen molar-refractivity contribution in [3.8, 4) is 0 Å². The quantitative estimate of drug-likeness (QED) is 0.847. The number of nitrogens with one attached hydrogen (secondary N) is 1. The van der Waals surface area contributed by atoms with E-state index in [0.29, 0.717) is 12.3 Å². The van der Waals surface area contributed by atoms with Gasteiger partial charge in [0.1, 0.15) is 0 Å². The third-order valence-electron chi connectivity index (χ3n) is 2.69. The minimum atomic E-state index is 0.0818. The van der Waals surface area contributed by atoms with Crippen LogP contribution < -0.4 is 5.32 Å². The Balaban J connectivity index is 1.94. The number of amides is 1. The van der Waals surface area contributed by atoms with Gasteiger partial charge in [-0.3, -0.25) is 4.79 Å². The average Bonchev–Trinajstić information content (AvgIpc) is 2.09. The van der Waals surface area contributed by atoms with E-state index in [0.717, 1.165) is 18.9 Å². The SMILES string of the molecule is Cc1cc(C)cc(NC(=O)CC2COC2)c1. The lowest BCUT2D eigenvalue weighted by atomic mass is 10.0. The molecule has 0 radical (unpaired) electrons. The van der Waals surface area contributed by atoms with Crippen molar-refractivity contribution in [2.24, 2.45) is 5.92 Å². The predicted molar refractivity (Wildman–Crippen MR) is 63.5 cm³/mol. The lowest BCUT2D eigenvalue weighted by molar-refractivity contribution is -0.121. The highest BCUT2D eigenvalue weighted by atomic mass is 16.5. The van der Waals surface area contributed by atoms with Crippen LogP contribution in [0.3, 0.4) is 0 Å². The molecule has 0 aromatic heterocycles. The lowest BCUT2D eigenvalue weighted by Gasteiger charge is -2.25. The zero-order chi connectivity index (χ0) is 11.5. The Hall–Kier alpha value is -1.35. The van der Waals surface area contributed by atoms with E-state index >= 15 is 0 Å². The van der Waals surface area contributed by atoms with Crippen molar-refractivity contribution in [1.82, 2.24) is 0 Å². The van der Waals surface area contributed by atoms with Crippen molar-refractivity contribution in [1.29, 1.82) is 0 Å². The number of anilines is 1. The Morgan fingerprint density at radius 2 is 1.94 bits per heavy atom. The van der Waals surface area contributed by atoms with Gasteiger partial charge in [-0.05, 0) is 37.1 Å². The molecule has 1 N–H and O–H groups in total. The summed E-state index contributed by atoms with van der Waals surface area (Å²) in [5.41, 5.74) is 3.23. The van der Waals surface area contributed by atoms with E-state index in [-0.39, 0.29) is 5.91 Å². The minimum absolute atomic E-state index is 0.0818. The summed E-state index contributed by atoms with van der Waals surface area (Å²) in [5, 5.41) is 2.93. The molecule has 1 aliphatic rings. The first-order chi connectivity index (χ1) is 7.63. The van der Waals surface area contributed by atoms with Gasteiger partial charge in [-0.2, -0.15) is 0 Å². The van der Waals surface area contributed by atoms with Gasteiger partial charge < -0.3 is 10.1 Å². The molecule has 16 heavy (non-hydrogen) atoms. The van der Waals surface area contributed by atoms with Crippen LogP contribution in [-0.4, -0.2) is 19.1 Å².